The summed E-state index contributed by atoms with van der Waals surface area (Å²) in [5.74, 6) is 0.351. The van der Waals surface area contributed by atoms with Crippen molar-refractivity contribution in [3.63, 3.8) is 0 Å². The molecule has 0 saturated carbocycles. The van der Waals surface area contributed by atoms with Gasteiger partial charge in [0.05, 0.1) is 53.8 Å². The highest BCUT2D eigenvalue weighted by Gasteiger charge is 2.21. The van der Waals surface area contributed by atoms with Crippen molar-refractivity contribution in [1.29, 1.82) is 5.26 Å². The van der Waals surface area contributed by atoms with E-state index in [0.29, 0.717) is 22.5 Å². The molecule has 3 aromatic heterocycles. The maximum atomic E-state index is 12.7. The van der Waals surface area contributed by atoms with Crippen LogP contribution in [0.5, 0.6) is 5.88 Å². The summed E-state index contributed by atoms with van der Waals surface area (Å²) in [6.07, 6.45) is 3.98. The molecule has 12 heteroatoms. The number of carbonyl (C=O) groups is 1. The quantitative estimate of drug-likeness (QED) is 0.592. The van der Waals surface area contributed by atoms with Gasteiger partial charge in [-0.15, -0.1) is 4.80 Å². The molecule has 0 aliphatic rings. The number of amides is 2. The fraction of sp³-hybridized carbons (Fsp3) is 0.263. The highest BCUT2D eigenvalue weighted by Crippen LogP contribution is 2.31. The summed E-state index contributed by atoms with van der Waals surface area (Å²) in [5, 5.41) is 23.0. The molecule has 2 N–H and O–H groups in total. The fourth-order valence-electron chi connectivity index (χ4n) is 2.86. The number of hydrogen-bond acceptors (Lipinski definition) is 8. The number of aryl methyl sites for hydroxylation is 1. The van der Waals surface area contributed by atoms with Crippen LogP contribution in [0.3, 0.4) is 0 Å². The Kier molecular flexibility index (Phi) is 6.64. The second-order valence-electron chi connectivity index (χ2n) is 6.28. The Morgan fingerprint density at radius 2 is 1.94 bits per heavy atom. The van der Waals surface area contributed by atoms with Crippen molar-refractivity contribution in [2.24, 2.45) is 0 Å². The molecular weight excluding hydrogens is 424 g/mol. The zero-order valence-corrected chi connectivity index (χ0v) is 17.9. The van der Waals surface area contributed by atoms with E-state index in [2.05, 4.69) is 36.9 Å². The van der Waals surface area contributed by atoms with E-state index in [9.17, 15) is 10.1 Å². The van der Waals surface area contributed by atoms with E-state index in [1.807, 2.05) is 0 Å². The Morgan fingerprint density at radius 3 is 2.55 bits per heavy atom. The lowest BCUT2D eigenvalue weighted by Gasteiger charge is -2.19. The molecule has 0 spiro atoms. The number of urea groups is 1. The average Bonchev–Trinajstić information content (AvgIpc) is 3.29. The highest BCUT2D eigenvalue weighted by atomic mass is 35.5. The molecule has 3 aromatic rings. The minimum atomic E-state index is -0.611. The standard InChI is InChI=1S/C19H19ClN8O3/c1-10-12(8-21)16(11(2)30-3)15(9-22-10)26-19(29)25-14-7-13(20)17(27-18(14)31-4)28-23-5-6-24-28/h5-7,9,11H,1-4H3,(H2,25,26,29)/t11-/m0/s1. The third kappa shape index (κ3) is 4.55. The van der Waals surface area contributed by atoms with Crippen molar-refractivity contribution in [3.05, 3.63) is 46.5 Å². The lowest BCUT2D eigenvalue weighted by molar-refractivity contribution is 0.120. The van der Waals surface area contributed by atoms with E-state index in [-0.39, 0.29) is 22.4 Å². The van der Waals surface area contributed by atoms with E-state index in [4.69, 9.17) is 21.1 Å². The van der Waals surface area contributed by atoms with E-state index in [0.717, 1.165) is 0 Å². The molecule has 3 heterocycles. The minimum absolute atomic E-state index is 0.108. The highest BCUT2D eigenvalue weighted by molar-refractivity contribution is 6.32. The number of ether oxygens (including phenoxy) is 2. The zero-order valence-electron chi connectivity index (χ0n) is 17.2. The third-order valence-electron chi connectivity index (χ3n) is 4.40. The molecule has 0 fully saturated rings. The molecule has 0 aliphatic heterocycles. The van der Waals surface area contributed by atoms with E-state index < -0.39 is 12.1 Å². The number of aromatic nitrogens is 5. The molecule has 3 rings (SSSR count). The monoisotopic (exact) mass is 442 g/mol. The Labute approximate surface area is 183 Å². The predicted octanol–water partition coefficient (Wildman–Crippen LogP) is 3.25. The van der Waals surface area contributed by atoms with Crippen molar-refractivity contribution in [3.8, 4) is 17.8 Å². The van der Waals surface area contributed by atoms with Crippen LogP contribution >= 0.6 is 11.6 Å². The van der Waals surface area contributed by atoms with Gasteiger partial charge in [-0.2, -0.15) is 20.4 Å². The molecule has 160 valence electrons. The summed E-state index contributed by atoms with van der Waals surface area (Å²) in [4.78, 5) is 22.4. The number of carbonyl (C=O) groups excluding carboxylic acids is 1. The number of nitriles is 1. The van der Waals surface area contributed by atoms with Crippen LogP contribution in [-0.4, -0.2) is 45.2 Å². The minimum Gasteiger partial charge on any atom is -0.479 e. The molecule has 0 aromatic carbocycles. The van der Waals surface area contributed by atoms with Crippen LogP contribution in [0.4, 0.5) is 16.2 Å². The lowest BCUT2D eigenvalue weighted by Crippen LogP contribution is -2.22. The first-order valence-electron chi connectivity index (χ1n) is 9.01. The van der Waals surface area contributed by atoms with E-state index in [1.54, 1.807) is 13.8 Å². The van der Waals surface area contributed by atoms with Crippen molar-refractivity contribution < 1.29 is 14.3 Å². The molecule has 0 radical (unpaired) electrons. The van der Waals surface area contributed by atoms with E-state index >= 15 is 0 Å². The van der Waals surface area contributed by atoms with Crippen molar-refractivity contribution in [2.75, 3.05) is 24.9 Å². The number of nitrogens with one attached hydrogen (secondary N) is 2. The summed E-state index contributed by atoms with van der Waals surface area (Å²) in [7, 11) is 2.92. The van der Waals surface area contributed by atoms with Gasteiger partial charge in [0, 0.05) is 12.7 Å². The van der Waals surface area contributed by atoms with Gasteiger partial charge in [-0.25, -0.2) is 4.79 Å². The van der Waals surface area contributed by atoms with Gasteiger partial charge in [-0.05, 0) is 19.9 Å². The maximum Gasteiger partial charge on any atom is 0.323 e. The number of nitrogens with zero attached hydrogens (tertiary/aromatic N) is 6. The third-order valence-corrected chi connectivity index (χ3v) is 4.68. The molecule has 11 nitrogen and oxygen atoms in total. The Balaban J connectivity index is 1.90. The predicted molar refractivity (Wildman–Crippen MR) is 112 cm³/mol. The van der Waals surface area contributed by atoms with Crippen LogP contribution in [0.25, 0.3) is 5.82 Å². The Hall–Kier alpha value is -3.75. The smallest absolute Gasteiger partial charge is 0.323 e. The summed E-state index contributed by atoms with van der Waals surface area (Å²) in [6, 6.07) is 2.97. The molecule has 0 unspecified atom stereocenters. The SMILES string of the molecule is COc1nc(-n2nccn2)c(Cl)cc1NC(=O)Nc1cnc(C)c(C#N)c1[C@H](C)OC. The Morgan fingerprint density at radius 1 is 1.26 bits per heavy atom. The molecule has 0 saturated heterocycles. The second-order valence-corrected chi connectivity index (χ2v) is 6.69. The van der Waals surface area contributed by atoms with Crippen LogP contribution in [0.1, 0.15) is 29.8 Å². The summed E-state index contributed by atoms with van der Waals surface area (Å²) in [6.45, 7) is 3.48. The normalized spacial score (nSPS) is 11.5. The fourth-order valence-corrected chi connectivity index (χ4v) is 3.08. The van der Waals surface area contributed by atoms with Gasteiger partial charge in [0.1, 0.15) is 11.8 Å². The first-order chi connectivity index (χ1) is 14.9. The number of anilines is 2. The van der Waals surface area contributed by atoms with Crippen molar-refractivity contribution >= 4 is 29.0 Å². The number of pyridine rings is 2. The van der Waals surface area contributed by atoms with E-state index in [1.165, 1.54) is 43.7 Å². The number of halogens is 1. The van der Waals surface area contributed by atoms with Crippen LogP contribution in [-0.2, 0) is 4.74 Å². The van der Waals surface area contributed by atoms with Crippen LogP contribution in [0.2, 0.25) is 5.02 Å². The largest absolute Gasteiger partial charge is 0.479 e. The first kappa shape index (κ1) is 21.9. The molecule has 0 bridgehead atoms. The van der Waals surface area contributed by atoms with Crippen LogP contribution in [0, 0.1) is 18.3 Å². The van der Waals surface area contributed by atoms with Gasteiger partial charge >= 0.3 is 6.03 Å². The first-order valence-corrected chi connectivity index (χ1v) is 9.39. The Bertz CT molecular complexity index is 1140. The zero-order chi connectivity index (χ0) is 22.5. The van der Waals surface area contributed by atoms with Gasteiger partial charge in [-0.3, -0.25) is 4.98 Å². The number of methoxy groups -OCH3 is 2. The summed E-state index contributed by atoms with van der Waals surface area (Å²) < 4.78 is 10.6. The molecule has 31 heavy (non-hydrogen) atoms. The second kappa shape index (κ2) is 9.38. The van der Waals surface area contributed by atoms with Gasteiger partial charge < -0.3 is 20.1 Å². The maximum absolute atomic E-state index is 12.7. The average molecular weight is 443 g/mol. The van der Waals surface area contributed by atoms with Gasteiger partial charge in [0.25, 0.3) is 0 Å². The number of hydrogen-bond donors (Lipinski definition) is 2. The molecular formula is C19H19ClN8O3. The molecule has 0 aliphatic carbocycles. The van der Waals surface area contributed by atoms with Crippen molar-refractivity contribution in [2.45, 2.75) is 20.0 Å². The van der Waals surface area contributed by atoms with Gasteiger partial charge in [-0.1, -0.05) is 11.6 Å². The lowest BCUT2D eigenvalue weighted by atomic mass is 10.0. The summed E-state index contributed by atoms with van der Waals surface area (Å²) >= 11 is 6.28. The van der Waals surface area contributed by atoms with Crippen LogP contribution in [0.15, 0.2) is 24.7 Å². The summed E-state index contributed by atoms with van der Waals surface area (Å²) in [5.41, 5.74) is 1.96. The van der Waals surface area contributed by atoms with Crippen LogP contribution < -0.4 is 15.4 Å². The molecule has 2 amide bonds. The van der Waals surface area contributed by atoms with Crippen molar-refractivity contribution in [1.82, 2.24) is 25.0 Å². The van der Waals surface area contributed by atoms with Gasteiger partial charge in [0.15, 0.2) is 5.82 Å². The topological polar surface area (TPSA) is 140 Å². The molecule has 1 atom stereocenters. The van der Waals surface area contributed by atoms with Gasteiger partial charge in [0.2, 0.25) is 5.88 Å². The number of rotatable bonds is 6.